The molecule has 10 heteroatoms. The number of pyridine rings is 1. The molecule has 2 amide bonds. The van der Waals surface area contributed by atoms with Gasteiger partial charge in [0, 0.05) is 25.3 Å². The minimum absolute atomic E-state index is 0.0818. The van der Waals surface area contributed by atoms with E-state index in [4.69, 9.17) is 5.26 Å². The predicted octanol–water partition coefficient (Wildman–Crippen LogP) is 2.71. The molecule has 0 atom stereocenters. The van der Waals surface area contributed by atoms with Crippen LogP contribution in [0.2, 0.25) is 0 Å². The van der Waals surface area contributed by atoms with Gasteiger partial charge >= 0.3 is 6.09 Å². The van der Waals surface area contributed by atoms with Gasteiger partial charge in [-0.05, 0) is 49.9 Å². The lowest BCUT2D eigenvalue weighted by molar-refractivity contribution is 0.0963. The van der Waals surface area contributed by atoms with Gasteiger partial charge in [-0.3, -0.25) is 9.78 Å². The summed E-state index contributed by atoms with van der Waals surface area (Å²) in [5.41, 5.74) is 3.82. The topological polar surface area (TPSA) is 133 Å². The molecule has 0 saturated heterocycles. The Morgan fingerprint density at radius 3 is 2.61 bits per heavy atom. The summed E-state index contributed by atoms with van der Waals surface area (Å²) in [5.74, 6) is -0.227. The molecule has 3 heterocycles. The van der Waals surface area contributed by atoms with E-state index in [2.05, 4.69) is 36.8 Å². The fraction of sp³-hybridized carbons (Fsp3) is 0.348. The molecule has 0 unspecified atom stereocenters. The van der Waals surface area contributed by atoms with Crippen LogP contribution in [0.1, 0.15) is 41.6 Å². The Labute approximate surface area is 191 Å². The zero-order chi connectivity index (χ0) is 23.4. The Hall–Kier alpha value is -4.13. The number of fused-ring (bicyclic) bond motifs is 1. The van der Waals surface area contributed by atoms with Gasteiger partial charge in [0.2, 0.25) is 0 Å². The number of hydrogen-bond acceptors (Lipinski definition) is 7. The Morgan fingerprint density at radius 1 is 1.15 bits per heavy atom. The first-order chi connectivity index (χ1) is 16.0. The molecular formula is C23H25N7O3. The van der Waals surface area contributed by atoms with Gasteiger partial charge in [0.25, 0.3) is 5.91 Å². The van der Waals surface area contributed by atoms with Crippen molar-refractivity contribution in [3.8, 4) is 17.5 Å². The summed E-state index contributed by atoms with van der Waals surface area (Å²) in [6, 6.07) is 9.70. The number of anilines is 1. The third-order valence-corrected chi connectivity index (χ3v) is 5.86. The molecule has 0 aromatic carbocycles. The minimum Gasteiger partial charge on any atom is -0.453 e. The van der Waals surface area contributed by atoms with Crippen LogP contribution in [0.15, 0.2) is 36.7 Å². The van der Waals surface area contributed by atoms with E-state index in [1.807, 2.05) is 18.2 Å². The summed E-state index contributed by atoms with van der Waals surface area (Å²) in [6.07, 6.45) is 5.96. The molecule has 0 aliphatic heterocycles. The number of hydrogen-bond donors (Lipinski definition) is 3. The molecule has 1 saturated carbocycles. The Balaban J connectivity index is 1.59. The van der Waals surface area contributed by atoms with Crippen LogP contribution >= 0.6 is 0 Å². The highest BCUT2D eigenvalue weighted by molar-refractivity contribution is 5.99. The maximum atomic E-state index is 12.5. The van der Waals surface area contributed by atoms with Gasteiger partial charge in [0.1, 0.15) is 6.07 Å². The van der Waals surface area contributed by atoms with Crippen molar-refractivity contribution in [2.24, 2.45) is 0 Å². The number of rotatable bonds is 5. The summed E-state index contributed by atoms with van der Waals surface area (Å²) in [7, 11) is 2.94. The molecule has 0 radical (unpaired) electrons. The first-order valence-corrected chi connectivity index (χ1v) is 10.7. The van der Waals surface area contributed by atoms with E-state index in [1.54, 1.807) is 23.8 Å². The molecule has 3 N–H and O–H groups in total. The van der Waals surface area contributed by atoms with Crippen molar-refractivity contribution < 1.29 is 14.3 Å². The Bertz CT molecular complexity index is 1220. The number of nitrogens with one attached hydrogen (secondary N) is 3. The highest BCUT2D eigenvalue weighted by Gasteiger charge is 2.24. The quantitative estimate of drug-likeness (QED) is 0.547. The van der Waals surface area contributed by atoms with Crippen molar-refractivity contribution >= 4 is 23.2 Å². The van der Waals surface area contributed by atoms with Crippen LogP contribution in [-0.4, -0.2) is 52.8 Å². The number of carbonyl (C=O) groups is 2. The average molecular weight is 447 g/mol. The van der Waals surface area contributed by atoms with Crippen LogP contribution in [0, 0.1) is 11.3 Å². The van der Waals surface area contributed by atoms with Crippen LogP contribution in [-0.2, 0) is 4.74 Å². The van der Waals surface area contributed by atoms with Crippen LogP contribution in [0.5, 0.6) is 0 Å². The lowest BCUT2D eigenvalue weighted by Crippen LogP contribution is -2.40. The monoisotopic (exact) mass is 447 g/mol. The maximum absolute atomic E-state index is 12.5. The van der Waals surface area contributed by atoms with E-state index >= 15 is 0 Å². The third-order valence-electron chi connectivity index (χ3n) is 5.86. The highest BCUT2D eigenvalue weighted by atomic mass is 16.5. The molecule has 170 valence electrons. The number of methoxy groups -OCH3 is 1. The van der Waals surface area contributed by atoms with E-state index in [0.717, 1.165) is 36.9 Å². The van der Waals surface area contributed by atoms with Crippen molar-refractivity contribution in [1.82, 2.24) is 25.2 Å². The molecule has 3 aromatic rings. The summed E-state index contributed by atoms with van der Waals surface area (Å²) < 4.78 is 6.40. The van der Waals surface area contributed by atoms with Crippen molar-refractivity contribution in [2.75, 3.05) is 19.5 Å². The molecule has 10 nitrogen and oxygen atoms in total. The molecule has 1 aliphatic rings. The molecule has 0 spiro atoms. The number of nitrogens with zero attached hydrogens (tertiary/aromatic N) is 4. The standard InChI is InChI=1S/C23H25N7O3/c1-25-22(31)18-13-26-20(21-8-7-17-9-14(11-24)12-27-30(17)21)10-19(18)28-15-3-5-16(6-4-15)29-23(32)33-2/h7-10,12-13,15-16H,3-6H2,1-2H3,(H,25,31)(H,26,28)(H,29,32). The summed E-state index contributed by atoms with van der Waals surface area (Å²) in [5, 5.41) is 22.5. The first-order valence-electron chi connectivity index (χ1n) is 10.7. The van der Waals surface area contributed by atoms with Gasteiger partial charge in [0.05, 0.1) is 47.0 Å². The molecule has 3 aromatic heterocycles. The molecule has 0 bridgehead atoms. The Morgan fingerprint density at radius 2 is 1.91 bits per heavy atom. The molecule has 4 rings (SSSR count). The number of aromatic nitrogens is 3. The minimum atomic E-state index is -0.415. The first kappa shape index (κ1) is 22.1. The zero-order valence-electron chi connectivity index (χ0n) is 18.5. The normalized spacial score (nSPS) is 17.7. The smallest absolute Gasteiger partial charge is 0.407 e. The van der Waals surface area contributed by atoms with Gasteiger partial charge in [-0.15, -0.1) is 0 Å². The van der Waals surface area contributed by atoms with Gasteiger partial charge < -0.3 is 20.7 Å². The Kier molecular flexibility index (Phi) is 6.40. The SMILES string of the molecule is CNC(=O)c1cnc(-c2ccc3cc(C#N)cnn23)cc1NC1CCC(NC(=O)OC)CC1. The summed E-state index contributed by atoms with van der Waals surface area (Å²) in [4.78, 5) is 28.4. The molecular weight excluding hydrogens is 422 g/mol. The van der Waals surface area contributed by atoms with Crippen molar-refractivity contribution in [2.45, 2.75) is 37.8 Å². The number of amides is 2. The largest absolute Gasteiger partial charge is 0.453 e. The van der Waals surface area contributed by atoms with E-state index in [0.29, 0.717) is 22.5 Å². The summed E-state index contributed by atoms with van der Waals surface area (Å²) in [6.45, 7) is 0. The van der Waals surface area contributed by atoms with Gasteiger partial charge in [0.15, 0.2) is 0 Å². The van der Waals surface area contributed by atoms with Gasteiger partial charge in [-0.1, -0.05) is 0 Å². The maximum Gasteiger partial charge on any atom is 0.407 e. The fourth-order valence-electron chi connectivity index (χ4n) is 4.11. The second-order valence-corrected chi connectivity index (χ2v) is 7.93. The van der Waals surface area contributed by atoms with Crippen LogP contribution in [0.3, 0.4) is 0 Å². The second-order valence-electron chi connectivity index (χ2n) is 7.93. The van der Waals surface area contributed by atoms with E-state index < -0.39 is 6.09 Å². The third kappa shape index (κ3) is 4.72. The number of alkyl carbamates (subject to hydrolysis) is 1. The van der Waals surface area contributed by atoms with Crippen molar-refractivity contribution in [3.63, 3.8) is 0 Å². The second kappa shape index (κ2) is 9.56. The number of ether oxygens (including phenoxy) is 1. The van der Waals surface area contributed by atoms with Gasteiger partial charge in [-0.25, -0.2) is 9.31 Å². The van der Waals surface area contributed by atoms with Gasteiger partial charge in [-0.2, -0.15) is 10.4 Å². The highest BCUT2D eigenvalue weighted by Crippen LogP contribution is 2.28. The van der Waals surface area contributed by atoms with Crippen LogP contribution < -0.4 is 16.0 Å². The average Bonchev–Trinajstić information content (AvgIpc) is 3.27. The summed E-state index contributed by atoms with van der Waals surface area (Å²) >= 11 is 0. The lowest BCUT2D eigenvalue weighted by Gasteiger charge is -2.30. The van der Waals surface area contributed by atoms with Crippen molar-refractivity contribution in [1.29, 1.82) is 5.26 Å². The van der Waals surface area contributed by atoms with E-state index in [-0.39, 0.29) is 18.0 Å². The van der Waals surface area contributed by atoms with Crippen molar-refractivity contribution in [3.05, 3.63) is 47.8 Å². The lowest BCUT2D eigenvalue weighted by atomic mass is 9.91. The predicted molar refractivity (Wildman–Crippen MR) is 122 cm³/mol. The molecule has 33 heavy (non-hydrogen) atoms. The molecule has 1 fully saturated rings. The van der Waals surface area contributed by atoms with E-state index in [1.165, 1.54) is 13.3 Å². The van der Waals surface area contributed by atoms with E-state index in [9.17, 15) is 9.59 Å². The van der Waals surface area contributed by atoms with Crippen LogP contribution in [0.25, 0.3) is 16.9 Å². The van der Waals surface area contributed by atoms with Crippen LogP contribution in [0.4, 0.5) is 10.5 Å². The fourth-order valence-corrected chi connectivity index (χ4v) is 4.11. The number of nitriles is 1. The zero-order valence-corrected chi connectivity index (χ0v) is 18.5. The molecule has 1 aliphatic carbocycles. The number of carbonyl (C=O) groups excluding carboxylic acids is 2.